The number of alkyl halides is 3. The number of ether oxygens (including phenoxy) is 2. The first-order valence-corrected chi connectivity index (χ1v) is 12.2. The van der Waals surface area contributed by atoms with E-state index in [4.69, 9.17) is 9.72 Å². The SMILES string of the molecule is COC(=O)CCc1ccc2c(c1)nc(Nc1ccc(OC(F)(F)F)cc1)n2[C@@H](c1ccccc1)C(C)(C)C. The molecular weight excluding hydrogens is 495 g/mol. The molecule has 0 aliphatic heterocycles. The van der Waals surface area contributed by atoms with Gasteiger partial charge in [-0.15, -0.1) is 13.2 Å². The van der Waals surface area contributed by atoms with Crippen molar-refractivity contribution in [2.24, 2.45) is 5.41 Å². The monoisotopic (exact) mass is 525 g/mol. The van der Waals surface area contributed by atoms with E-state index in [0.717, 1.165) is 22.2 Å². The number of nitrogens with one attached hydrogen (secondary N) is 1. The lowest BCUT2D eigenvalue weighted by Gasteiger charge is -2.34. The molecule has 3 aromatic carbocycles. The molecule has 0 bridgehead atoms. The second-order valence-electron chi connectivity index (χ2n) is 10.1. The topological polar surface area (TPSA) is 65.4 Å². The molecule has 1 heterocycles. The number of halogens is 3. The molecule has 9 heteroatoms. The lowest BCUT2D eigenvalue weighted by atomic mass is 9.82. The van der Waals surface area contributed by atoms with E-state index in [2.05, 4.69) is 47.5 Å². The van der Waals surface area contributed by atoms with Gasteiger partial charge in [0.1, 0.15) is 5.75 Å². The van der Waals surface area contributed by atoms with Crippen LogP contribution in [0.25, 0.3) is 11.0 Å². The number of carbonyl (C=O) groups is 1. The number of esters is 1. The molecule has 1 aromatic heterocycles. The van der Waals surface area contributed by atoms with Gasteiger partial charge in [-0.25, -0.2) is 4.98 Å². The molecule has 4 rings (SSSR count). The Hall–Kier alpha value is -4.01. The quantitative estimate of drug-likeness (QED) is 0.243. The number of hydrogen-bond donors (Lipinski definition) is 1. The van der Waals surface area contributed by atoms with Crippen molar-refractivity contribution in [3.05, 3.63) is 83.9 Å². The van der Waals surface area contributed by atoms with Crippen LogP contribution in [0.3, 0.4) is 0 Å². The van der Waals surface area contributed by atoms with Gasteiger partial charge in [-0.3, -0.25) is 4.79 Å². The number of imidazole rings is 1. The lowest BCUT2D eigenvalue weighted by Crippen LogP contribution is -2.26. The highest BCUT2D eigenvalue weighted by Gasteiger charge is 2.32. The van der Waals surface area contributed by atoms with E-state index >= 15 is 0 Å². The predicted molar refractivity (Wildman–Crippen MR) is 141 cm³/mol. The summed E-state index contributed by atoms with van der Waals surface area (Å²) in [5.74, 6) is -0.0464. The molecule has 1 atom stereocenters. The summed E-state index contributed by atoms with van der Waals surface area (Å²) in [7, 11) is 1.36. The van der Waals surface area contributed by atoms with Crippen LogP contribution in [0.1, 0.15) is 44.4 Å². The summed E-state index contributed by atoms with van der Waals surface area (Å²) in [5.41, 5.74) is 3.99. The van der Waals surface area contributed by atoms with Crippen LogP contribution in [-0.2, 0) is 16.0 Å². The van der Waals surface area contributed by atoms with Crippen LogP contribution in [0.5, 0.6) is 5.75 Å². The van der Waals surface area contributed by atoms with E-state index in [1.54, 1.807) is 0 Å². The number of carbonyl (C=O) groups excluding carboxylic acids is 1. The fourth-order valence-corrected chi connectivity index (χ4v) is 4.54. The molecule has 0 unspecified atom stereocenters. The van der Waals surface area contributed by atoms with Gasteiger partial charge < -0.3 is 19.4 Å². The Kier molecular flexibility index (Phi) is 7.66. The van der Waals surface area contributed by atoms with Gasteiger partial charge in [0, 0.05) is 12.1 Å². The minimum absolute atomic E-state index is 0.120. The van der Waals surface area contributed by atoms with Gasteiger partial charge in [0.2, 0.25) is 5.95 Å². The normalized spacial score (nSPS) is 12.8. The van der Waals surface area contributed by atoms with Crippen molar-refractivity contribution in [3.8, 4) is 5.75 Å². The van der Waals surface area contributed by atoms with E-state index in [-0.39, 0.29) is 29.6 Å². The Balaban J connectivity index is 1.79. The van der Waals surface area contributed by atoms with Crippen LogP contribution in [0, 0.1) is 5.41 Å². The molecule has 0 aliphatic carbocycles. The Labute approximate surface area is 219 Å². The van der Waals surface area contributed by atoms with Crippen molar-refractivity contribution in [1.29, 1.82) is 0 Å². The molecule has 1 N–H and O–H groups in total. The second kappa shape index (κ2) is 10.8. The Bertz CT molecular complexity index is 1390. The number of nitrogens with zero attached hydrogens (tertiary/aromatic N) is 2. The third kappa shape index (κ3) is 6.45. The number of methoxy groups -OCH3 is 1. The number of anilines is 2. The fraction of sp³-hybridized carbons (Fsp3) is 0.310. The van der Waals surface area contributed by atoms with Gasteiger partial charge >= 0.3 is 12.3 Å². The third-order valence-electron chi connectivity index (χ3n) is 6.14. The first-order valence-electron chi connectivity index (χ1n) is 12.2. The molecule has 0 aliphatic rings. The zero-order valence-electron chi connectivity index (χ0n) is 21.7. The summed E-state index contributed by atoms with van der Waals surface area (Å²) in [6.45, 7) is 6.44. The molecule has 0 saturated carbocycles. The minimum Gasteiger partial charge on any atom is -0.469 e. The number of benzene rings is 3. The number of aryl methyl sites for hydroxylation is 1. The van der Waals surface area contributed by atoms with Crippen LogP contribution in [-0.4, -0.2) is 29.0 Å². The fourth-order valence-electron chi connectivity index (χ4n) is 4.54. The van der Waals surface area contributed by atoms with E-state index in [9.17, 15) is 18.0 Å². The summed E-state index contributed by atoms with van der Waals surface area (Å²) in [6, 6.07) is 21.4. The minimum atomic E-state index is -4.76. The molecule has 200 valence electrons. The average Bonchev–Trinajstić information content (AvgIpc) is 3.19. The summed E-state index contributed by atoms with van der Waals surface area (Å²) in [5, 5.41) is 3.29. The van der Waals surface area contributed by atoms with Gasteiger partial charge in [-0.2, -0.15) is 0 Å². The molecule has 0 spiro atoms. The molecule has 0 radical (unpaired) electrons. The van der Waals surface area contributed by atoms with E-state index < -0.39 is 6.36 Å². The van der Waals surface area contributed by atoms with Crippen LogP contribution in [0.15, 0.2) is 72.8 Å². The molecular formula is C29H30F3N3O3. The maximum absolute atomic E-state index is 12.6. The first-order chi connectivity index (χ1) is 17.9. The number of aromatic nitrogens is 2. The zero-order chi connectivity index (χ0) is 27.5. The van der Waals surface area contributed by atoms with Gasteiger partial charge in [-0.05, 0) is 59.4 Å². The standard InChI is InChI=1S/C29H30F3N3O3/c1-28(2,3)26(20-8-6-5-7-9-20)35-24-16-10-19(11-17-25(36)37-4)18-23(24)34-27(35)33-21-12-14-22(15-13-21)38-29(30,31)32/h5-10,12-16,18,26H,11,17H2,1-4H3,(H,33,34)/t26-/m0/s1. The molecule has 38 heavy (non-hydrogen) atoms. The zero-order valence-corrected chi connectivity index (χ0v) is 21.7. The van der Waals surface area contributed by atoms with Gasteiger partial charge in [0.25, 0.3) is 0 Å². The second-order valence-corrected chi connectivity index (χ2v) is 10.1. The summed E-state index contributed by atoms with van der Waals surface area (Å²) >= 11 is 0. The number of fused-ring (bicyclic) bond motifs is 1. The van der Waals surface area contributed by atoms with Crippen LogP contribution in [0.4, 0.5) is 24.8 Å². The van der Waals surface area contributed by atoms with Crippen LogP contribution < -0.4 is 10.1 Å². The van der Waals surface area contributed by atoms with E-state index in [1.807, 2.05) is 36.4 Å². The van der Waals surface area contributed by atoms with Crippen molar-refractivity contribution in [1.82, 2.24) is 9.55 Å². The maximum Gasteiger partial charge on any atom is 0.573 e. The van der Waals surface area contributed by atoms with Crippen molar-refractivity contribution < 1.29 is 27.4 Å². The largest absolute Gasteiger partial charge is 0.573 e. The Morgan fingerprint density at radius 1 is 1.00 bits per heavy atom. The van der Waals surface area contributed by atoms with Crippen molar-refractivity contribution in [2.75, 3.05) is 12.4 Å². The van der Waals surface area contributed by atoms with Gasteiger partial charge in [0.05, 0.1) is 24.2 Å². The third-order valence-corrected chi connectivity index (χ3v) is 6.14. The van der Waals surface area contributed by atoms with Crippen LogP contribution in [0.2, 0.25) is 0 Å². The molecule has 6 nitrogen and oxygen atoms in total. The van der Waals surface area contributed by atoms with E-state index in [0.29, 0.717) is 18.1 Å². The summed E-state index contributed by atoms with van der Waals surface area (Å²) in [6.07, 6.45) is -3.99. The number of rotatable bonds is 8. The van der Waals surface area contributed by atoms with Crippen molar-refractivity contribution in [2.45, 2.75) is 46.0 Å². The van der Waals surface area contributed by atoms with Gasteiger partial charge in [0.15, 0.2) is 0 Å². The van der Waals surface area contributed by atoms with Crippen LogP contribution >= 0.6 is 0 Å². The molecule has 0 amide bonds. The average molecular weight is 526 g/mol. The lowest BCUT2D eigenvalue weighted by molar-refractivity contribution is -0.274. The predicted octanol–water partition coefficient (Wildman–Crippen LogP) is 7.42. The molecule has 0 saturated heterocycles. The smallest absolute Gasteiger partial charge is 0.469 e. The summed E-state index contributed by atoms with van der Waals surface area (Å²) < 4.78 is 48.7. The van der Waals surface area contributed by atoms with Gasteiger partial charge in [-0.1, -0.05) is 57.2 Å². The highest BCUT2D eigenvalue weighted by Crippen LogP contribution is 2.41. The first kappa shape index (κ1) is 27.0. The van der Waals surface area contributed by atoms with Crippen molar-refractivity contribution >= 4 is 28.6 Å². The highest BCUT2D eigenvalue weighted by molar-refractivity contribution is 5.81. The molecule has 4 aromatic rings. The number of hydrogen-bond acceptors (Lipinski definition) is 5. The van der Waals surface area contributed by atoms with E-state index in [1.165, 1.54) is 31.4 Å². The maximum atomic E-state index is 12.6. The molecule has 0 fully saturated rings. The highest BCUT2D eigenvalue weighted by atomic mass is 19.4. The van der Waals surface area contributed by atoms with Crippen molar-refractivity contribution in [3.63, 3.8) is 0 Å². The Morgan fingerprint density at radius 2 is 1.68 bits per heavy atom. The summed E-state index contributed by atoms with van der Waals surface area (Å²) in [4.78, 5) is 16.5. The Morgan fingerprint density at radius 3 is 2.29 bits per heavy atom.